The van der Waals surface area contributed by atoms with E-state index in [1.165, 1.54) is 24.5 Å². The van der Waals surface area contributed by atoms with Crippen molar-refractivity contribution < 1.29 is 27.7 Å². The molecule has 1 N–H and O–H groups in total. The Hall–Kier alpha value is -3.42. The predicted octanol–water partition coefficient (Wildman–Crippen LogP) is 2.55. The lowest BCUT2D eigenvalue weighted by molar-refractivity contribution is -0.143. The quantitative estimate of drug-likeness (QED) is 0.691. The summed E-state index contributed by atoms with van der Waals surface area (Å²) < 4.78 is 28.3. The van der Waals surface area contributed by atoms with Crippen LogP contribution in [0.2, 0.25) is 0 Å². The zero-order valence-corrected chi connectivity index (χ0v) is 12.9. The van der Waals surface area contributed by atoms with Crippen LogP contribution in [0.25, 0.3) is 11.5 Å². The summed E-state index contributed by atoms with van der Waals surface area (Å²) >= 11 is 0. The SMILES string of the molecule is O=C(CNC(=O)c1cccc(F)c1)OCc1cc(-c2ccco2)on1. The lowest BCUT2D eigenvalue weighted by Gasteiger charge is -2.05. The van der Waals surface area contributed by atoms with E-state index >= 15 is 0 Å². The molecule has 0 saturated heterocycles. The fourth-order valence-corrected chi connectivity index (χ4v) is 2.00. The van der Waals surface area contributed by atoms with E-state index in [2.05, 4.69) is 10.5 Å². The van der Waals surface area contributed by atoms with Crippen LogP contribution in [0, 0.1) is 5.82 Å². The van der Waals surface area contributed by atoms with Gasteiger partial charge < -0.3 is 19.0 Å². The van der Waals surface area contributed by atoms with Gasteiger partial charge in [0, 0.05) is 11.6 Å². The molecule has 1 amide bonds. The molecule has 0 aliphatic carbocycles. The summed E-state index contributed by atoms with van der Waals surface area (Å²) in [4.78, 5) is 23.5. The van der Waals surface area contributed by atoms with Crippen LogP contribution >= 0.6 is 0 Å². The van der Waals surface area contributed by atoms with Gasteiger partial charge in [-0.25, -0.2) is 4.39 Å². The lowest BCUT2D eigenvalue weighted by atomic mass is 10.2. The van der Waals surface area contributed by atoms with Gasteiger partial charge in [0.2, 0.25) is 5.76 Å². The number of aromatic nitrogens is 1. The number of carbonyl (C=O) groups is 2. The van der Waals surface area contributed by atoms with Crippen molar-refractivity contribution in [1.82, 2.24) is 10.5 Å². The van der Waals surface area contributed by atoms with Crippen molar-refractivity contribution in [2.24, 2.45) is 0 Å². The molecule has 3 aromatic rings. The number of benzene rings is 1. The fraction of sp³-hybridized carbons (Fsp3) is 0.118. The zero-order valence-electron chi connectivity index (χ0n) is 12.9. The molecule has 0 spiro atoms. The highest BCUT2D eigenvalue weighted by Gasteiger charge is 2.12. The smallest absolute Gasteiger partial charge is 0.325 e. The maximum absolute atomic E-state index is 13.0. The number of hydrogen-bond donors (Lipinski definition) is 1. The number of nitrogens with one attached hydrogen (secondary N) is 1. The van der Waals surface area contributed by atoms with E-state index in [0.29, 0.717) is 17.2 Å². The maximum Gasteiger partial charge on any atom is 0.325 e. The monoisotopic (exact) mass is 344 g/mol. The van der Waals surface area contributed by atoms with Crippen LogP contribution in [0.4, 0.5) is 4.39 Å². The molecule has 25 heavy (non-hydrogen) atoms. The molecule has 128 valence electrons. The zero-order chi connectivity index (χ0) is 17.6. The summed E-state index contributed by atoms with van der Waals surface area (Å²) in [7, 11) is 0. The minimum Gasteiger partial charge on any atom is -0.461 e. The standard InChI is InChI=1S/C17H13FN2O5/c18-12-4-1-3-11(7-12)17(22)19-9-16(21)24-10-13-8-15(25-20-13)14-5-2-6-23-14/h1-8H,9-10H2,(H,19,22). The van der Waals surface area contributed by atoms with Crippen molar-refractivity contribution in [3.05, 3.63) is 65.8 Å². The Labute approximate surface area is 141 Å². The van der Waals surface area contributed by atoms with E-state index in [9.17, 15) is 14.0 Å². The van der Waals surface area contributed by atoms with Crippen molar-refractivity contribution >= 4 is 11.9 Å². The van der Waals surface area contributed by atoms with Crippen molar-refractivity contribution in [3.63, 3.8) is 0 Å². The first-order valence-corrected chi connectivity index (χ1v) is 7.30. The minimum absolute atomic E-state index is 0.112. The number of carbonyl (C=O) groups excluding carboxylic acids is 2. The summed E-state index contributed by atoms with van der Waals surface area (Å²) in [6.07, 6.45) is 1.50. The third kappa shape index (κ3) is 4.31. The van der Waals surface area contributed by atoms with Crippen LogP contribution in [-0.2, 0) is 16.1 Å². The van der Waals surface area contributed by atoms with Gasteiger partial charge in [0.15, 0.2) is 5.76 Å². The molecule has 0 saturated carbocycles. The molecule has 0 atom stereocenters. The van der Waals surface area contributed by atoms with E-state index in [0.717, 1.165) is 6.07 Å². The molecule has 3 rings (SSSR count). The Morgan fingerprint density at radius 3 is 2.80 bits per heavy atom. The fourth-order valence-electron chi connectivity index (χ4n) is 2.00. The summed E-state index contributed by atoms with van der Waals surface area (Å²) in [5.74, 6) is -0.846. The second-order valence-corrected chi connectivity index (χ2v) is 5.01. The molecule has 8 heteroatoms. The maximum atomic E-state index is 13.0. The molecule has 0 fully saturated rings. The van der Waals surface area contributed by atoms with Gasteiger partial charge in [-0.2, -0.15) is 0 Å². The second-order valence-electron chi connectivity index (χ2n) is 5.01. The van der Waals surface area contributed by atoms with Crippen molar-refractivity contribution in [2.45, 2.75) is 6.61 Å². The number of ether oxygens (including phenoxy) is 1. The van der Waals surface area contributed by atoms with E-state index in [1.807, 2.05) is 0 Å². The van der Waals surface area contributed by atoms with Crippen molar-refractivity contribution in [3.8, 4) is 11.5 Å². The van der Waals surface area contributed by atoms with Gasteiger partial charge in [0.25, 0.3) is 5.91 Å². The second kappa shape index (κ2) is 7.43. The van der Waals surface area contributed by atoms with E-state index in [1.54, 1.807) is 18.2 Å². The third-order valence-electron chi connectivity index (χ3n) is 3.18. The number of esters is 1. The molecular weight excluding hydrogens is 331 g/mol. The number of rotatable bonds is 6. The Bertz CT molecular complexity index is 873. The molecule has 0 radical (unpaired) electrons. The Morgan fingerprint density at radius 2 is 2.04 bits per heavy atom. The number of hydrogen-bond acceptors (Lipinski definition) is 6. The largest absolute Gasteiger partial charge is 0.461 e. The van der Waals surface area contributed by atoms with Gasteiger partial charge in [-0.3, -0.25) is 9.59 Å². The molecular formula is C17H13FN2O5. The van der Waals surface area contributed by atoms with Crippen molar-refractivity contribution in [2.75, 3.05) is 6.54 Å². The normalized spacial score (nSPS) is 10.4. The van der Waals surface area contributed by atoms with Crippen LogP contribution in [0.3, 0.4) is 0 Å². The molecule has 2 heterocycles. The highest BCUT2D eigenvalue weighted by atomic mass is 19.1. The van der Waals surface area contributed by atoms with Gasteiger partial charge in [-0.1, -0.05) is 11.2 Å². The van der Waals surface area contributed by atoms with E-state index < -0.39 is 17.7 Å². The van der Waals surface area contributed by atoms with Crippen LogP contribution in [0.5, 0.6) is 0 Å². The summed E-state index contributed by atoms with van der Waals surface area (Å²) in [5, 5.41) is 6.11. The molecule has 2 aromatic heterocycles. The summed E-state index contributed by atoms with van der Waals surface area (Å²) in [5.41, 5.74) is 0.517. The van der Waals surface area contributed by atoms with Crippen LogP contribution in [-0.4, -0.2) is 23.6 Å². The van der Waals surface area contributed by atoms with Gasteiger partial charge in [-0.15, -0.1) is 0 Å². The molecule has 0 aliphatic rings. The van der Waals surface area contributed by atoms with Gasteiger partial charge in [0.05, 0.1) is 6.26 Å². The summed E-state index contributed by atoms with van der Waals surface area (Å²) in [6.45, 7) is -0.461. The lowest BCUT2D eigenvalue weighted by Crippen LogP contribution is -2.30. The third-order valence-corrected chi connectivity index (χ3v) is 3.18. The Morgan fingerprint density at radius 1 is 1.16 bits per heavy atom. The Balaban J connectivity index is 1.46. The Kier molecular flexibility index (Phi) is 4.89. The molecule has 0 unspecified atom stereocenters. The highest BCUT2D eigenvalue weighted by Crippen LogP contribution is 2.20. The topological polar surface area (TPSA) is 94.6 Å². The first-order chi connectivity index (χ1) is 12.1. The van der Waals surface area contributed by atoms with E-state index in [4.69, 9.17) is 13.7 Å². The highest BCUT2D eigenvalue weighted by molar-refractivity contribution is 5.95. The first kappa shape index (κ1) is 16.4. The van der Waals surface area contributed by atoms with E-state index in [-0.39, 0.29) is 18.7 Å². The average molecular weight is 344 g/mol. The first-order valence-electron chi connectivity index (χ1n) is 7.30. The predicted molar refractivity (Wildman–Crippen MR) is 82.7 cm³/mol. The van der Waals surface area contributed by atoms with Crippen LogP contribution in [0.1, 0.15) is 16.1 Å². The summed E-state index contributed by atoms with van der Waals surface area (Å²) in [6, 6.07) is 10.1. The average Bonchev–Trinajstić information content (AvgIpc) is 3.29. The number of nitrogens with zero attached hydrogens (tertiary/aromatic N) is 1. The molecule has 7 nitrogen and oxygen atoms in total. The van der Waals surface area contributed by atoms with Crippen molar-refractivity contribution in [1.29, 1.82) is 0 Å². The molecule has 1 aromatic carbocycles. The number of furan rings is 1. The van der Waals surface area contributed by atoms with Gasteiger partial charge in [0.1, 0.15) is 24.7 Å². The molecule has 0 aliphatic heterocycles. The minimum atomic E-state index is -0.660. The number of halogens is 1. The van der Waals surface area contributed by atoms with Crippen LogP contribution < -0.4 is 5.32 Å². The van der Waals surface area contributed by atoms with Gasteiger partial charge in [-0.05, 0) is 30.3 Å². The molecule has 0 bridgehead atoms. The van der Waals surface area contributed by atoms with Gasteiger partial charge >= 0.3 is 5.97 Å². The number of amides is 1. The van der Waals surface area contributed by atoms with Crippen LogP contribution in [0.15, 0.2) is 57.7 Å².